The summed E-state index contributed by atoms with van der Waals surface area (Å²) in [7, 11) is 1.59. The van der Waals surface area contributed by atoms with Gasteiger partial charge in [0.15, 0.2) is 5.78 Å². The van der Waals surface area contributed by atoms with Crippen molar-refractivity contribution in [3.05, 3.63) is 63.6 Å². The van der Waals surface area contributed by atoms with E-state index in [0.717, 1.165) is 17.3 Å². The number of methoxy groups -OCH3 is 1. The zero-order valence-corrected chi connectivity index (χ0v) is 13.2. The number of carbonyl (C=O) groups excluding carboxylic acids is 1. The summed E-state index contributed by atoms with van der Waals surface area (Å²) >= 11 is 3.42. The second-order valence-corrected chi connectivity index (χ2v) is 5.48. The van der Waals surface area contributed by atoms with Crippen LogP contribution in [0.15, 0.2) is 46.9 Å². The Morgan fingerprint density at radius 2 is 1.85 bits per heavy atom. The Labute approximate surface area is 127 Å². The molecule has 2 rings (SSSR count). The summed E-state index contributed by atoms with van der Waals surface area (Å²) in [4.78, 5) is 12.5. The van der Waals surface area contributed by atoms with Gasteiger partial charge < -0.3 is 4.74 Å². The van der Waals surface area contributed by atoms with Crippen molar-refractivity contribution in [3.8, 4) is 5.75 Å². The molecule has 0 N–H and O–H groups in total. The number of hydrogen-bond acceptors (Lipinski definition) is 2. The lowest BCUT2D eigenvalue weighted by Gasteiger charge is -2.07. The minimum absolute atomic E-state index is 0.00109. The van der Waals surface area contributed by atoms with E-state index in [4.69, 9.17) is 4.74 Å². The molecule has 0 heterocycles. The fourth-order valence-electron chi connectivity index (χ4n) is 2.07. The Morgan fingerprint density at radius 1 is 1.15 bits per heavy atom. The molecule has 0 bridgehead atoms. The molecule has 104 valence electrons. The van der Waals surface area contributed by atoms with Gasteiger partial charge in [-0.2, -0.15) is 0 Å². The summed E-state index contributed by atoms with van der Waals surface area (Å²) in [5.41, 5.74) is 2.57. The van der Waals surface area contributed by atoms with Crippen molar-refractivity contribution in [2.24, 2.45) is 0 Å². The van der Waals surface area contributed by atoms with Crippen LogP contribution in [0, 0.1) is 0 Å². The predicted molar refractivity (Wildman–Crippen MR) is 84.6 cm³/mol. The Bertz CT molecular complexity index is 603. The van der Waals surface area contributed by atoms with Crippen LogP contribution < -0.4 is 4.74 Å². The van der Waals surface area contributed by atoms with Gasteiger partial charge in [0.25, 0.3) is 0 Å². The van der Waals surface area contributed by atoms with Crippen molar-refractivity contribution >= 4 is 21.7 Å². The van der Waals surface area contributed by atoms with Crippen LogP contribution in [0.1, 0.15) is 34.8 Å². The van der Waals surface area contributed by atoms with Crippen LogP contribution in [0.2, 0.25) is 0 Å². The summed E-state index contributed by atoms with van der Waals surface area (Å²) in [6.07, 6.45) is 2.14. The molecule has 0 aliphatic heterocycles. The van der Waals surface area contributed by atoms with Crippen LogP contribution in [0.4, 0.5) is 0 Å². The van der Waals surface area contributed by atoms with E-state index in [2.05, 4.69) is 22.9 Å². The van der Waals surface area contributed by atoms with Crippen LogP contribution in [-0.4, -0.2) is 12.9 Å². The molecule has 20 heavy (non-hydrogen) atoms. The van der Waals surface area contributed by atoms with Gasteiger partial charge in [0.2, 0.25) is 0 Å². The fourth-order valence-corrected chi connectivity index (χ4v) is 2.50. The lowest BCUT2D eigenvalue weighted by molar-refractivity contribution is 0.103. The largest absolute Gasteiger partial charge is 0.497 e. The first kappa shape index (κ1) is 14.8. The highest BCUT2D eigenvalue weighted by molar-refractivity contribution is 9.10. The molecule has 0 saturated heterocycles. The highest BCUT2D eigenvalue weighted by Gasteiger charge is 2.13. The van der Waals surface area contributed by atoms with Crippen LogP contribution in [0.3, 0.4) is 0 Å². The van der Waals surface area contributed by atoms with Crippen LogP contribution in [0.25, 0.3) is 0 Å². The number of benzene rings is 2. The van der Waals surface area contributed by atoms with Crippen molar-refractivity contribution in [2.45, 2.75) is 19.8 Å². The van der Waals surface area contributed by atoms with Crippen molar-refractivity contribution in [3.63, 3.8) is 0 Å². The highest BCUT2D eigenvalue weighted by Crippen LogP contribution is 2.25. The molecule has 2 aromatic rings. The number of hydrogen-bond donors (Lipinski definition) is 0. The van der Waals surface area contributed by atoms with Gasteiger partial charge in [-0.3, -0.25) is 4.79 Å². The summed E-state index contributed by atoms with van der Waals surface area (Å²) < 4.78 is 5.95. The van der Waals surface area contributed by atoms with Gasteiger partial charge in [0.05, 0.1) is 7.11 Å². The second-order valence-electron chi connectivity index (χ2n) is 4.62. The molecular weight excluding hydrogens is 316 g/mol. The van der Waals surface area contributed by atoms with Gasteiger partial charge in [-0.15, -0.1) is 0 Å². The fraction of sp³-hybridized carbons (Fsp3) is 0.235. The second kappa shape index (κ2) is 6.71. The average molecular weight is 333 g/mol. The van der Waals surface area contributed by atoms with Crippen molar-refractivity contribution in [1.29, 1.82) is 0 Å². The molecule has 0 fully saturated rings. The molecule has 2 aromatic carbocycles. The van der Waals surface area contributed by atoms with Crippen LogP contribution in [0.5, 0.6) is 5.75 Å². The molecule has 3 heteroatoms. The standard InChI is InChI=1S/C17H17BrO2/c1-3-4-12-5-7-13(8-6-12)17(19)15-11-14(20-2)9-10-16(15)18/h5-11H,3-4H2,1-2H3. The van der Waals surface area contributed by atoms with E-state index in [1.807, 2.05) is 36.4 Å². The number of halogens is 1. The van der Waals surface area contributed by atoms with Gasteiger partial charge >= 0.3 is 0 Å². The minimum atomic E-state index is -0.00109. The summed E-state index contributed by atoms with van der Waals surface area (Å²) in [6.45, 7) is 2.15. The van der Waals surface area contributed by atoms with E-state index in [-0.39, 0.29) is 5.78 Å². The molecule has 0 aromatic heterocycles. The van der Waals surface area contributed by atoms with Crippen LogP contribution in [-0.2, 0) is 6.42 Å². The smallest absolute Gasteiger partial charge is 0.194 e. The van der Waals surface area contributed by atoms with E-state index >= 15 is 0 Å². The van der Waals surface area contributed by atoms with Gasteiger partial charge in [-0.1, -0.05) is 53.5 Å². The third-order valence-corrected chi connectivity index (χ3v) is 3.86. The summed E-state index contributed by atoms with van der Waals surface area (Å²) in [6, 6.07) is 13.2. The van der Waals surface area contributed by atoms with Gasteiger partial charge in [0, 0.05) is 15.6 Å². The molecule has 2 nitrogen and oxygen atoms in total. The van der Waals surface area contributed by atoms with Crippen molar-refractivity contribution < 1.29 is 9.53 Å². The zero-order chi connectivity index (χ0) is 14.5. The van der Waals surface area contributed by atoms with Crippen molar-refractivity contribution in [2.75, 3.05) is 7.11 Å². The summed E-state index contributed by atoms with van der Waals surface area (Å²) in [5.74, 6) is 0.679. The highest BCUT2D eigenvalue weighted by atomic mass is 79.9. The van der Waals surface area contributed by atoms with E-state index < -0.39 is 0 Å². The Balaban J connectivity index is 2.30. The van der Waals surface area contributed by atoms with Gasteiger partial charge in [-0.25, -0.2) is 0 Å². The maximum absolute atomic E-state index is 12.5. The molecule has 0 spiro atoms. The normalized spacial score (nSPS) is 10.3. The SMILES string of the molecule is CCCc1ccc(C(=O)c2cc(OC)ccc2Br)cc1. The molecule has 0 aliphatic carbocycles. The van der Waals surface area contributed by atoms with E-state index in [9.17, 15) is 4.79 Å². The molecule has 0 saturated carbocycles. The van der Waals surface area contributed by atoms with Gasteiger partial charge in [0.1, 0.15) is 5.75 Å². The first-order chi connectivity index (χ1) is 9.65. The Hall–Kier alpha value is -1.61. The third-order valence-electron chi connectivity index (χ3n) is 3.17. The lowest BCUT2D eigenvalue weighted by Crippen LogP contribution is -2.03. The number of ether oxygens (including phenoxy) is 1. The monoisotopic (exact) mass is 332 g/mol. The Kier molecular flexibility index (Phi) is 4.96. The number of rotatable bonds is 5. The molecule has 0 atom stereocenters. The quantitative estimate of drug-likeness (QED) is 0.745. The maximum atomic E-state index is 12.5. The first-order valence-electron chi connectivity index (χ1n) is 6.63. The molecule has 0 aliphatic rings. The molecular formula is C17H17BrO2. The maximum Gasteiger partial charge on any atom is 0.194 e. The van der Waals surface area contributed by atoms with E-state index in [0.29, 0.717) is 16.9 Å². The third kappa shape index (κ3) is 3.28. The average Bonchev–Trinajstić information content (AvgIpc) is 2.48. The molecule has 0 radical (unpaired) electrons. The van der Waals surface area contributed by atoms with Crippen molar-refractivity contribution in [1.82, 2.24) is 0 Å². The number of carbonyl (C=O) groups is 1. The zero-order valence-electron chi connectivity index (χ0n) is 11.7. The summed E-state index contributed by atoms with van der Waals surface area (Å²) in [5, 5.41) is 0. The predicted octanol–water partition coefficient (Wildman–Crippen LogP) is 4.64. The first-order valence-corrected chi connectivity index (χ1v) is 7.42. The van der Waals surface area contributed by atoms with E-state index in [1.54, 1.807) is 13.2 Å². The topological polar surface area (TPSA) is 26.3 Å². The lowest BCUT2D eigenvalue weighted by atomic mass is 10.0. The Morgan fingerprint density at radius 3 is 2.45 bits per heavy atom. The van der Waals surface area contributed by atoms with E-state index in [1.165, 1.54) is 5.56 Å². The molecule has 0 unspecified atom stereocenters. The number of ketones is 1. The van der Waals surface area contributed by atoms with Crippen LogP contribution >= 0.6 is 15.9 Å². The minimum Gasteiger partial charge on any atom is -0.497 e. The number of aryl methyl sites for hydroxylation is 1. The van der Waals surface area contributed by atoms with Gasteiger partial charge in [-0.05, 0) is 30.2 Å². The molecule has 0 amide bonds.